The average Bonchev–Trinajstić information content (AvgIpc) is 2.47. The van der Waals surface area contributed by atoms with Gasteiger partial charge in [-0.05, 0) is 56.5 Å². The number of hydrogen-bond donors (Lipinski definition) is 2. The van der Waals surface area contributed by atoms with Crippen LogP contribution in [0.3, 0.4) is 0 Å². The van der Waals surface area contributed by atoms with Gasteiger partial charge in [-0.2, -0.15) is 0 Å². The summed E-state index contributed by atoms with van der Waals surface area (Å²) < 4.78 is 13.7. The first-order valence-electron chi connectivity index (χ1n) is 7.85. The molecular formula is C17H27FN2O. The molecule has 21 heavy (non-hydrogen) atoms. The maximum Gasteiger partial charge on any atom is 0.126 e. The van der Waals surface area contributed by atoms with E-state index in [-0.39, 0.29) is 18.0 Å². The first-order chi connectivity index (χ1) is 10.0. The van der Waals surface area contributed by atoms with E-state index in [4.69, 9.17) is 0 Å². The molecule has 3 atom stereocenters. The highest BCUT2D eigenvalue weighted by atomic mass is 19.1. The number of aliphatic hydroxyl groups is 1. The summed E-state index contributed by atoms with van der Waals surface area (Å²) in [4.78, 5) is 2.31. The molecule has 0 aliphatic carbocycles. The highest BCUT2D eigenvalue weighted by Gasteiger charge is 2.24. The first kappa shape index (κ1) is 16.4. The van der Waals surface area contributed by atoms with Gasteiger partial charge in [0.2, 0.25) is 0 Å². The Balaban J connectivity index is 1.92. The second-order valence-corrected chi connectivity index (χ2v) is 6.27. The van der Waals surface area contributed by atoms with E-state index in [0.717, 1.165) is 38.0 Å². The number of rotatable bonds is 5. The second-order valence-electron chi connectivity index (χ2n) is 6.27. The van der Waals surface area contributed by atoms with E-state index in [1.54, 1.807) is 13.0 Å². The number of nitrogens with one attached hydrogen (secondary N) is 1. The Morgan fingerprint density at radius 2 is 2.24 bits per heavy atom. The zero-order valence-corrected chi connectivity index (χ0v) is 13.3. The Kier molecular flexibility index (Phi) is 5.73. The third-order valence-electron chi connectivity index (χ3n) is 4.68. The van der Waals surface area contributed by atoms with Gasteiger partial charge in [-0.3, -0.25) is 0 Å². The van der Waals surface area contributed by atoms with Gasteiger partial charge < -0.3 is 15.3 Å². The van der Waals surface area contributed by atoms with Crippen molar-refractivity contribution in [3.8, 4) is 0 Å². The number of aryl methyl sites for hydroxylation is 1. The number of hydrogen-bond acceptors (Lipinski definition) is 3. The Morgan fingerprint density at radius 1 is 1.48 bits per heavy atom. The SMILES string of the molecule is CNC(CCN1CCC(C)C(O)C1)c1ccc(C)c(F)c1. The van der Waals surface area contributed by atoms with Crippen LogP contribution in [0.1, 0.15) is 36.9 Å². The molecule has 118 valence electrons. The molecule has 2 N–H and O–H groups in total. The van der Waals surface area contributed by atoms with Crippen LogP contribution in [0.5, 0.6) is 0 Å². The summed E-state index contributed by atoms with van der Waals surface area (Å²) in [5.74, 6) is 0.252. The molecule has 2 rings (SSSR count). The lowest BCUT2D eigenvalue weighted by atomic mass is 9.95. The molecule has 3 unspecified atom stereocenters. The van der Waals surface area contributed by atoms with Gasteiger partial charge >= 0.3 is 0 Å². The normalized spacial score (nSPS) is 25.0. The fourth-order valence-corrected chi connectivity index (χ4v) is 2.93. The van der Waals surface area contributed by atoms with E-state index < -0.39 is 0 Å². The summed E-state index contributed by atoms with van der Waals surface area (Å²) in [5, 5.41) is 13.2. The maximum atomic E-state index is 13.7. The lowest BCUT2D eigenvalue weighted by Gasteiger charge is -2.35. The third kappa shape index (κ3) is 4.25. The van der Waals surface area contributed by atoms with Crippen LogP contribution in [-0.4, -0.2) is 42.8 Å². The van der Waals surface area contributed by atoms with Crippen molar-refractivity contribution in [3.05, 3.63) is 35.1 Å². The molecule has 4 heteroatoms. The van der Waals surface area contributed by atoms with E-state index in [1.807, 2.05) is 19.2 Å². The molecule has 0 saturated carbocycles. The monoisotopic (exact) mass is 294 g/mol. The van der Waals surface area contributed by atoms with Gasteiger partial charge in [0.25, 0.3) is 0 Å². The Hall–Kier alpha value is -0.970. The minimum absolute atomic E-state index is 0.144. The van der Waals surface area contributed by atoms with Crippen LogP contribution in [0.2, 0.25) is 0 Å². The standard InChI is InChI=1S/C17H27FN2O/c1-12-4-5-14(10-15(12)18)16(19-3)7-9-20-8-6-13(2)17(21)11-20/h4-5,10,13,16-17,19,21H,6-9,11H2,1-3H3. The number of aliphatic hydroxyl groups excluding tert-OH is 1. The molecule has 1 fully saturated rings. The van der Waals surface area contributed by atoms with Crippen molar-refractivity contribution in [3.63, 3.8) is 0 Å². The van der Waals surface area contributed by atoms with Crippen LogP contribution in [0.15, 0.2) is 18.2 Å². The number of halogens is 1. The summed E-state index contributed by atoms with van der Waals surface area (Å²) >= 11 is 0. The number of nitrogens with zero attached hydrogens (tertiary/aromatic N) is 1. The number of benzene rings is 1. The molecule has 0 radical (unpaired) electrons. The fourth-order valence-electron chi connectivity index (χ4n) is 2.93. The lowest BCUT2D eigenvalue weighted by Crippen LogP contribution is -2.43. The van der Waals surface area contributed by atoms with Crippen LogP contribution in [0.4, 0.5) is 4.39 Å². The summed E-state index contributed by atoms with van der Waals surface area (Å²) in [5.41, 5.74) is 1.67. The Morgan fingerprint density at radius 3 is 2.86 bits per heavy atom. The molecular weight excluding hydrogens is 267 g/mol. The van der Waals surface area contributed by atoms with Gasteiger partial charge in [-0.25, -0.2) is 4.39 Å². The van der Waals surface area contributed by atoms with Gasteiger partial charge in [-0.15, -0.1) is 0 Å². The zero-order chi connectivity index (χ0) is 15.4. The topological polar surface area (TPSA) is 35.5 Å². The molecule has 0 spiro atoms. The molecule has 0 bridgehead atoms. The highest BCUT2D eigenvalue weighted by molar-refractivity contribution is 5.25. The fraction of sp³-hybridized carbons (Fsp3) is 0.647. The van der Waals surface area contributed by atoms with E-state index in [2.05, 4.69) is 17.1 Å². The molecule has 3 nitrogen and oxygen atoms in total. The summed E-state index contributed by atoms with van der Waals surface area (Å²) in [6.07, 6.45) is 1.74. The van der Waals surface area contributed by atoms with E-state index in [1.165, 1.54) is 0 Å². The van der Waals surface area contributed by atoms with E-state index >= 15 is 0 Å². The van der Waals surface area contributed by atoms with Crippen LogP contribution in [0, 0.1) is 18.7 Å². The molecule has 1 aromatic carbocycles. The van der Waals surface area contributed by atoms with Crippen LogP contribution < -0.4 is 5.32 Å². The number of β-amino-alcohol motifs (C(OH)–C–C–N with tert-alkyl or cyclic N) is 1. The quantitative estimate of drug-likeness (QED) is 0.876. The third-order valence-corrected chi connectivity index (χ3v) is 4.68. The minimum atomic E-state index is -0.219. The van der Waals surface area contributed by atoms with Gasteiger partial charge in [0.15, 0.2) is 0 Å². The van der Waals surface area contributed by atoms with Gasteiger partial charge in [-0.1, -0.05) is 19.1 Å². The predicted octanol–water partition coefficient (Wildman–Crippen LogP) is 2.49. The second kappa shape index (κ2) is 7.34. The Bertz CT molecular complexity index is 466. The van der Waals surface area contributed by atoms with Crippen molar-refractivity contribution < 1.29 is 9.50 Å². The molecule has 1 aliphatic rings. The van der Waals surface area contributed by atoms with Gasteiger partial charge in [0.1, 0.15) is 5.82 Å². The summed E-state index contributed by atoms with van der Waals surface area (Å²) in [7, 11) is 1.91. The van der Waals surface area contributed by atoms with Crippen LogP contribution in [-0.2, 0) is 0 Å². The number of likely N-dealkylation sites (tertiary alicyclic amines) is 1. The van der Waals surface area contributed by atoms with Crippen molar-refractivity contribution in [2.45, 2.75) is 38.8 Å². The maximum absolute atomic E-state index is 13.7. The Labute approximate surface area is 127 Å². The molecule has 1 heterocycles. The largest absolute Gasteiger partial charge is 0.392 e. The van der Waals surface area contributed by atoms with E-state index in [0.29, 0.717) is 11.5 Å². The van der Waals surface area contributed by atoms with Crippen molar-refractivity contribution in [1.29, 1.82) is 0 Å². The van der Waals surface area contributed by atoms with E-state index in [9.17, 15) is 9.50 Å². The van der Waals surface area contributed by atoms with Gasteiger partial charge in [0.05, 0.1) is 6.10 Å². The molecule has 1 aliphatic heterocycles. The summed E-state index contributed by atoms with van der Waals surface area (Å²) in [6.45, 7) is 6.60. The molecule has 1 saturated heterocycles. The van der Waals surface area contributed by atoms with Gasteiger partial charge in [0, 0.05) is 19.1 Å². The van der Waals surface area contributed by atoms with Crippen molar-refractivity contribution >= 4 is 0 Å². The molecule has 0 amide bonds. The minimum Gasteiger partial charge on any atom is -0.392 e. The lowest BCUT2D eigenvalue weighted by molar-refractivity contribution is 0.0278. The zero-order valence-electron chi connectivity index (χ0n) is 13.3. The highest BCUT2D eigenvalue weighted by Crippen LogP contribution is 2.22. The van der Waals surface area contributed by atoms with Crippen LogP contribution >= 0.6 is 0 Å². The van der Waals surface area contributed by atoms with Crippen molar-refractivity contribution in [2.75, 3.05) is 26.7 Å². The molecule has 0 aromatic heterocycles. The predicted molar refractivity (Wildman–Crippen MR) is 83.8 cm³/mol. The first-order valence-corrected chi connectivity index (χ1v) is 7.85. The van der Waals surface area contributed by atoms with Crippen molar-refractivity contribution in [2.24, 2.45) is 5.92 Å². The van der Waals surface area contributed by atoms with Crippen LogP contribution in [0.25, 0.3) is 0 Å². The number of piperidine rings is 1. The molecule has 1 aromatic rings. The average molecular weight is 294 g/mol. The smallest absolute Gasteiger partial charge is 0.126 e. The van der Waals surface area contributed by atoms with Crippen molar-refractivity contribution in [1.82, 2.24) is 10.2 Å². The summed E-state index contributed by atoms with van der Waals surface area (Å²) in [6, 6.07) is 5.61.